The zero-order valence-electron chi connectivity index (χ0n) is 11.2. The Morgan fingerprint density at radius 1 is 1.16 bits per heavy atom. The normalized spacial score (nSPS) is 12.0. The van der Waals surface area contributed by atoms with E-state index in [2.05, 4.69) is 20.6 Å². The number of halogens is 1. The first kappa shape index (κ1) is 13.3. The lowest BCUT2D eigenvalue weighted by Gasteiger charge is -2.16. The van der Waals surface area contributed by atoms with Crippen molar-refractivity contribution < 1.29 is 4.39 Å². The van der Waals surface area contributed by atoms with Gasteiger partial charge in [0.05, 0.1) is 6.04 Å². The molecule has 0 aliphatic carbocycles. The fourth-order valence-electron chi connectivity index (χ4n) is 1.85. The molecule has 0 saturated carbocycles. The number of anilines is 2. The van der Waals surface area contributed by atoms with Gasteiger partial charge in [-0.1, -0.05) is 12.1 Å². The second-order valence-corrected chi connectivity index (χ2v) is 4.36. The van der Waals surface area contributed by atoms with Gasteiger partial charge >= 0.3 is 0 Å². The Kier molecular flexibility index (Phi) is 3.94. The molecule has 2 rings (SSSR count). The summed E-state index contributed by atoms with van der Waals surface area (Å²) in [6.45, 7) is 3.80. The van der Waals surface area contributed by atoms with Crippen LogP contribution in [0.3, 0.4) is 0 Å². The molecular weight excluding hydrogens is 243 g/mol. The van der Waals surface area contributed by atoms with Crippen LogP contribution < -0.4 is 10.6 Å². The summed E-state index contributed by atoms with van der Waals surface area (Å²) in [6.07, 6.45) is 0. The van der Waals surface area contributed by atoms with Crippen molar-refractivity contribution in [2.24, 2.45) is 0 Å². The van der Waals surface area contributed by atoms with E-state index in [4.69, 9.17) is 0 Å². The van der Waals surface area contributed by atoms with Gasteiger partial charge in [-0.2, -0.15) is 0 Å². The quantitative estimate of drug-likeness (QED) is 0.886. The van der Waals surface area contributed by atoms with E-state index in [1.807, 2.05) is 33.0 Å². The van der Waals surface area contributed by atoms with E-state index in [0.29, 0.717) is 11.6 Å². The summed E-state index contributed by atoms with van der Waals surface area (Å²) in [6, 6.07) is 8.33. The van der Waals surface area contributed by atoms with Gasteiger partial charge in [-0.15, -0.1) is 0 Å². The SMILES string of the molecule is CNc1cc(NC(C)c2cccc(F)c2)nc(C)n1. The van der Waals surface area contributed by atoms with Crippen molar-refractivity contribution >= 4 is 11.6 Å². The van der Waals surface area contributed by atoms with Crippen LogP contribution in [0.15, 0.2) is 30.3 Å². The van der Waals surface area contributed by atoms with Crippen LogP contribution in [0.5, 0.6) is 0 Å². The highest BCUT2D eigenvalue weighted by Crippen LogP contribution is 2.20. The third-order valence-corrected chi connectivity index (χ3v) is 2.81. The minimum absolute atomic E-state index is 0.0327. The molecule has 0 spiro atoms. The summed E-state index contributed by atoms with van der Waals surface area (Å²) in [4.78, 5) is 8.54. The van der Waals surface area contributed by atoms with Gasteiger partial charge in [0.1, 0.15) is 23.3 Å². The topological polar surface area (TPSA) is 49.8 Å². The number of rotatable bonds is 4. The Labute approximate surface area is 112 Å². The van der Waals surface area contributed by atoms with Crippen molar-refractivity contribution in [2.75, 3.05) is 17.7 Å². The van der Waals surface area contributed by atoms with Gasteiger partial charge in [0.15, 0.2) is 0 Å². The average Bonchev–Trinajstić information content (AvgIpc) is 2.38. The summed E-state index contributed by atoms with van der Waals surface area (Å²) in [5, 5.41) is 6.22. The van der Waals surface area contributed by atoms with Crippen LogP contribution in [0, 0.1) is 12.7 Å². The van der Waals surface area contributed by atoms with E-state index >= 15 is 0 Å². The van der Waals surface area contributed by atoms with E-state index in [-0.39, 0.29) is 11.9 Å². The number of nitrogens with one attached hydrogen (secondary N) is 2. The Morgan fingerprint density at radius 3 is 2.58 bits per heavy atom. The van der Waals surface area contributed by atoms with Gasteiger partial charge in [-0.05, 0) is 31.5 Å². The van der Waals surface area contributed by atoms with E-state index < -0.39 is 0 Å². The summed E-state index contributed by atoms with van der Waals surface area (Å²) < 4.78 is 13.2. The maximum absolute atomic E-state index is 13.2. The molecular formula is C14H17FN4. The number of hydrogen-bond acceptors (Lipinski definition) is 4. The zero-order valence-corrected chi connectivity index (χ0v) is 11.2. The van der Waals surface area contributed by atoms with Gasteiger partial charge in [-0.25, -0.2) is 14.4 Å². The lowest BCUT2D eigenvalue weighted by Crippen LogP contribution is -2.10. The molecule has 2 aromatic rings. The molecule has 0 aliphatic rings. The molecule has 0 saturated heterocycles. The van der Waals surface area contributed by atoms with Crippen LogP contribution in [0.25, 0.3) is 0 Å². The molecule has 1 unspecified atom stereocenters. The molecule has 2 N–H and O–H groups in total. The Bertz CT molecular complexity index is 571. The molecule has 19 heavy (non-hydrogen) atoms. The lowest BCUT2D eigenvalue weighted by molar-refractivity contribution is 0.623. The van der Waals surface area contributed by atoms with E-state index in [9.17, 15) is 4.39 Å². The minimum Gasteiger partial charge on any atom is -0.373 e. The monoisotopic (exact) mass is 260 g/mol. The predicted octanol–water partition coefficient (Wildman–Crippen LogP) is 3.14. The van der Waals surface area contributed by atoms with E-state index in [1.54, 1.807) is 6.07 Å². The van der Waals surface area contributed by atoms with Crippen LogP contribution in [0.2, 0.25) is 0 Å². The standard InChI is InChI=1S/C14H17FN4/c1-9(11-5-4-6-12(15)7-11)17-14-8-13(16-3)18-10(2)19-14/h4-9H,1-3H3,(H2,16,17,18,19). The molecule has 0 aliphatic heterocycles. The minimum atomic E-state index is -0.235. The largest absolute Gasteiger partial charge is 0.373 e. The number of aromatic nitrogens is 2. The summed E-state index contributed by atoms with van der Waals surface area (Å²) in [5.41, 5.74) is 0.877. The van der Waals surface area contributed by atoms with Crippen LogP contribution in [0.1, 0.15) is 24.4 Å². The lowest BCUT2D eigenvalue weighted by atomic mass is 10.1. The van der Waals surface area contributed by atoms with Gasteiger partial charge in [0.2, 0.25) is 0 Å². The fraction of sp³-hybridized carbons (Fsp3) is 0.286. The summed E-state index contributed by atoms with van der Waals surface area (Å²) in [7, 11) is 1.81. The van der Waals surface area contributed by atoms with E-state index in [1.165, 1.54) is 12.1 Å². The van der Waals surface area contributed by atoms with Gasteiger partial charge in [0, 0.05) is 13.1 Å². The third-order valence-electron chi connectivity index (χ3n) is 2.81. The summed E-state index contributed by atoms with van der Waals surface area (Å²) in [5.74, 6) is 1.91. The van der Waals surface area contributed by atoms with Crippen LogP contribution in [-0.2, 0) is 0 Å². The number of hydrogen-bond donors (Lipinski definition) is 2. The van der Waals surface area contributed by atoms with Crippen LogP contribution >= 0.6 is 0 Å². The molecule has 0 amide bonds. The number of aryl methyl sites for hydroxylation is 1. The zero-order chi connectivity index (χ0) is 13.8. The summed E-state index contributed by atoms with van der Waals surface area (Å²) >= 11 is 0. The maximum Gasteiger partial charge on any atom is 0.132 e. The van der Waals surface area contributed by atoms with Crippen molar-refractivity contribution in [1.29, 1.82) is 0 Å². The van der Waals surface area contributed by atoms with Crippen molar-refractivity contribution in [3.8, 4) is 0 Å². The van der Waals surface area contributed by atoms with Crippen molar-refractivity contribution in [3.63, 3.8) is 0 Å². The smallest absolute Gasteiger partial charge is 0.132 e. The first-order valence-corrected chi connectivity index (χ1v) is 6.14. The van der Waals surface area contributed by atoms with Crippen LogP contribution in [0.4, 0.5) is 16.0 Å². The Balaban J connectivity index is 2.18. The highest BCUT2D eigenvalue weighted by atomic mass is 19.1. The molecule has 100 valence electrons. The van der Waals surface area contributed by atoms with Gasteiger partial charge in [-0.3, -0.25) is 0 Å². The van der Waals surface area contributed by atoms with E-state index in [0.717, 1.165) is 11.4 Å². The van der Waals surface area contributed by atoms with Gasteiger partial charge in [0.25, 0.3) is 0 Å². The van der Waals surface area contributed by atoms with Crippen LogP contribution in [-0.4, -0.2) is 17.0 Å². The molecule has 1 atom stereocenters. The highest BCUT2D eigenvalue weighted by Gasteiger charge is 2.08. The second-order valence-electron chi connectivity index (χ2n) is 4.36. The molecule has 1 heterocycles. The molecule has 0 radical (unpaired) electrons. The molecule has 1 aromatic heterocycles. The average molecular weight is 260 g/mol. The molecule has 5 heteroatoms. The highest BCUT2D eigenvalue weighted by molar-refractivity contribution is 5.48. The van der Waals surface area contributed by atoms with Crippen molar-refractivity contribution in [1.82, 2.24) is 9.97 Å². The second kappa shape index (κ2) is 5.65. The van der Waals surface area contributed by atoms with Gasteiger partial charge < -0.3 is 10.6 Å². The molecule has 0 fully saturated rings. The van der Waals surface area contributed by atoms with Crippen molar-refractivity contribution in [2.45, 2.75) is 19.9 Å². The number of nitrogens with zero attached hydrogens (tertiary/aromatic N) is 2. The predicted molar refractivity (Wildman–Crippen MR) is 74.8 cm³/mol. The Hall–Kier alpha value is -2.17. The maximum atomic E-state index is 13.2. The van der Waals surface area contributed by atoms with Crippen molar-refractivity contribution in [3.05, 3.63) is 47.5 Å². The molecule has 0 bridgehead atoms. The fourth-order valence-corrected chi connectivity index (χ4v) is 1.85. The first-order valence-electron chi connectivity index (χ1n) is 6.14. The third kappa shape index (κ3) is 3.40. The molecule has 4 nitrogen and oxygen atoms in total. The molecule has 1 aromatic carbocycles. The number of benzene rings is 1. The first-order chi connectivity index (χ1) is 9.08. The Morgan fingerprint density at radius 2 is 1.89 bits per heavy atom.